The fraction of sp³-hybridized carbons (Fsp3) is 0.375. The second kappa shape index (κ2) is 3.92. The van der Waals surface area contributed by atoms with Crippen LogP contribution in [0.4, 0.5) is 22.0 Å². The van der Waals surface area contributed by atoms with Gasteiger partial charge < -0.3 is 0 Å². The molecule has 7 heteroatoms. The van der Waals surface area contributed by atoms with Gasteiger partial charge in [-0.3, -0.25) is 4.98 Å². The van der Waals surface area contributed by atoms with E-state index in [1.54, 1.807) is 0 Å². The number of alkyl halides is 5. The molecule has 0 unspecified atom stereocenters. The summed E-state index contributed by atoms with van der Waals surface area (Å²) < 4.78 is 61.3. The number of aryl methyl sites for hydroxylation is 1. The first-order chi connectivity index (χ1) is 6.73. The van der Waals surface area contributed by atoms with Crippen molar-refractivity contribution in [3.8, 4) is 0 Å². The van der Waals surface area contributed by atoms with Crippen molar-refractivity contribution in [1.29, 1.82) is 0 Å². The van der Waals surface area contributed by atoms with Crippen LogP contribution >= 0.6 is 11.6 Å². The minimum Gasteiger partial charge on any atom is -0.251 e. The molecule has 1 nitrogen and oxygen atoms in total. The summed E-state index contributed by atoms with van der Waals surface area (Å²) in [4.78, 5) is 3.15. The van der Waals surface area contributed by atoms with Crippen LogP contribution in [-0.4, -0.2) is 4.98 Å². The average Bonchev–Trinajstić information content (AvgIpc) is 1.99. The van der Waals surface area contributed by atoms with E-state index in [1.165, 1.54) is 0 Å². The molecule has 0 radical (unpaired) electrons. The monoisotopic (exact) mass is 245 g/mol. The summed E-state index contributed by atoms with van der Waals surface area (Å²) in [6.45, 7) is 0.987. The highest BCUT2D eigenvalue weighted by atomic mass is 35.5. The number of nitrogens with zero attached hydrogens (tertiary/aromatic N) is 1. The van der Waals surface area contributed by atoms with E-state index in [-0.39, 0.29) is 0 Å². The van der Waals surface area contributed by atoms with Crippen molar-refractivity contribution in [2.45, 2.75) is 19.5 Å². The zero-order valence-electron chi connectivity index (χ0n) is 7.37. The van der Waals surface area contributed by atoms with Crippen LogP contribution in [0.3, 0.4) is 0 Å². The van der Waals surface area contributed by atoms with E-state index >= 15 is 0 Å². The van der Waals surface area contributed by atoms with Crippen LogP contribution in [0.15, 0.2) is 6.07 Å². The number of hydrogen-bond acceptors (Lipinski definition) is 1. The van der Waals surface area contributed by atoms with E-state index in [0.717, 1.165) is 6.92 Å². The van der Waals surface area contributed by atoms with Crippen molar-refractivity contribution < 1.29 is 22.0 Å². The van der Waals surface area contributed by atoms with Crippen molar-refractivity contribution >= 4 is 11.6 Å². The maximum Gasteiger partial charge on any atom is 0.419 e. The largest absolute Gasteiger partial charge is 0.419 e. The number of hydrogen-bond donors (Lipinski definition) is 0. The number of rotatable bonds is 1. The predicted molar refractivity (Wildman–Crippen MR) is 43.9 cm³/mol. The van der Waals surface area contributed by atoms with Gasteiger partial charge in [-0.05, 0) is 13.0 Å². The zero-order valence-corrected chi connectivity index (χ0v) is 8.13. The zero-order chi connectivity index (χ0) is 11.8. The molecular weight excluding hydrogens is 241 g/mol. The maximum atomic E-state index is 12.3. The summed E-state index contributed by atoms with van der Waals surface area (Å²) in [6.07, 6.45) is -7.63. The van der Waals surface area contributed by atoms with Gasteiger partial charge in [-0.15, -0.1) is 0 Å². The Kier molecular flexibility index (Phi) is 3.18. The summed E-state index contributed by atoms with van der Waals surface area (Å²) in [6, 6.07) is 0.530. The molecule has 1 rings (SSSR count). The summed E-state index contributed by atoms with van der Waals surface area (Å²) in [7, 11) is 0. The van der Waals surface area contributed by atoms with Gasteiger partial charge in [-0.25, -0.2) is 8.78 Å². The first-order valence-electron chi connectivity index (χ1n) is 3.76. The van der Waals surface area contributed by atoms with Gasteiger partial charge in [0.05, 0.1) is 16.3 Å². The standard InChI is InChI=1S/C8H5ClF5N/c1-3-6(8(12,13)14)4(9)2-5(15-3)7(10)11/h2,7H,1H3. The predicted octanol–water partition coefficient (Wildman–Crippen LogP) is 4.00. The molecule has 15 heavy (non-hydrogen) atoms. The molecular formula is C8H5ClF5N. The van der Waals surface area contributed by atoms with Crippen LogP contribution in [0.25, 0.3) is 0 Å². The molecule has 0 saturated heterocycles. The van der Waals surface area contributed by atoms with Gasteiger partial charge in [0.1, 0.15) is 5.69 Å². The molecule has 0 fully saturated rings. The molecule has 0 N–H and O–H groups in total. The second-order valence-electron chi connectivity index (χ2n) is 2.79. The second-order valence-corrected chi connectivity index (χ2v) is 3.20. The van der Waals surface area contributed by atoms with Crippen LogP contribution in [0.5, 0.6) is 0 Å². The Morgan fingerprint density at radius 1 is 1.33 bits per heavy atom. The molecule has 1 aromatic heterocycles. The SMILES string of the molecule is Cc1nc(C(F)F)cc(Cl)c1C(F)(F)F. The molecule has 0 aliphatic carbocycles. The van der Waals surface area contributed by atoms with Gasteiger partial charge in [0.2, 0.25) is 0 Å². The topological polar surface area (TPSA) is 12.9 Å². The highest BCUT2D eigenvalue weighted by Gasteiger charge is 2.36. The van der Waals surface area contributed by atoms with Crippen LogP contribution in [0, 0.1) is 6.92 Å². The Labute approximate surface area is 86.9 Å². The lowest BCUT2D eigenvalue weighted by Gasteiger charge is -2.12. The van der Waals surface area contributed by atoms with E-state index in [1.807, 2.05) is 0 Å². The van der Waals surface area contributed by atoms with Crippen molar-refractivity contribution in [1.82, 2.24) is 4.98 Å². The minimum absolute atomic E-state index is 0.530. The minimum atomic E-state index is -4.69. The third kappa shape index (κ3) is 2.56. The van der Waals surface area contributed by atoms with Crippen LogP contribution < -0.4 is 0 Å². The smallest absolute Gasteiger partial charge is 0.251 e. The van der Waals surface area contributed by atoms with Gasteiger partial charge >= 0.3 is 6.18 Å². The molecule has 0 bridgehead atoms. The van der Waals surface area contributed by atoms with E-state index in [4.69, 9.17) is 11.6 Å². The molecule has 0 spiro atoms. The van der Waals surface area contributed by atoms with Crippen molar-refractivity contribution in [2.75, 3.05) is 0 Å². The van der Waals surface area contributed by atoms with Gasteiger partial charge in [0.25, 0.3) is 6.43 Å². The third-order valence-electron chi connectivity index (χ3n) is 1.68. The molecule has 84 valence electrons. The number of aromatic nitrogens is 1. The number of pyridine rings is 1. The molecule has 0 atom stereocenters. The quantitative estimate of drug-likeness (QED) is 0.682. The summed E-state index contributed by atoms with van der Waals surface area (Å²) in [5, 5.41) is -0.759. The molecule has 1 aromatic rings. The van der Waals surface area contributed by atoms with Crippen LogP contribution in [0.1, 0.15) is 23.4 Å². The van der Waals surface area contributed by atoms with Crippen molar-refractivity contribution in [3.63, 3.8) is 0 Å². The van der Waals surface area contributed by atoms with Crippen LogP contribution in [0.2, 0.25) is 5.02 Å². The Hall–Kier alpha value is -0.910. The first-order valence-corrected chi connectivity index (χ1v) is 4.13. The summed E-state index contributed by atoms with van der Waals surface area (Å²) in [5.41, 5.74) is -2.48. The molecule has 1 heterocycles. The van der Waals surface area contributed by atoms with Crippen molar-refractivity contribution in [2.24, 2.45) is 0 Å². The Morgan fingerprint density at radius 3 is 2.20 bits per heavy atom. The molecule has 0 amide bonds. The molecule has 0 aliphatic heterocycles. The average molecular weight is 246 g/mol. The lowest BCUT2D eigenvalue weighted by molar-refractivity contribution is -0.138. The summed E-state index contributed by atoms with van der Waals surface area (Å²) in [5.74, 6) is 0. The fourth-order valence-electron chi connectivity index (χ4n) is 1.11. The highest BCUT2D eigenvalue weighted by Crippen LogP contribution is 2.37. The van der Waals surface area contributed by atoms with Gasteiger partial charge in [-0.2, -0.15) is 13.2 Å². The highest BCUT2D eigenvalue weighted by molar-refractivity contribution is 6.31. The van der Waals surface area contributed by atoms with Crippen LogP contribution in [-0.2, 0) is 6.18 Å². The fourth-order valence-corrected chi connectivity index (χ4v) is 1.46. The normalized spacial score (nSPS) is 12.3. The summed E-state index contributed by atoms with van der Waals surface area (Å²) >= 11 is 5.27. The van der Waals surface area contributed by atoms with Gasteiger partial charge in [0.15, 0.2) is 0 Å². The molecule has 0 aromatic carbocycles. The van der Waals surface area contributed by atoms with E-state index in [9.17, 15) is 22.0 Å². The van der Waals surface area contributed by atoms with E-state index < -0.39 is 34.6 Å². The first kappa shape index (κ1) is 12.2. The molecule has 0 aliphatic rings. The van der Waals surface area contributed by atoms with Gasteiger partial charge in [0, 0.05) is 0 Å². The third-order valence-corrected chi connectivity index (χ3v) is 1.98. The Balaban J connectivity index is 3.34. The van der Waals surface area contributed by atoms with E-state index in [0.29, 0.717) is 6.07 Å². The number of halogens is 6. The maximum absolute atomic E-state index is 12.3. The Bertz CT molecular complexity index is 351. The van der Waals surface area contributed by atoms with Gasteiger partial charge in [-0.1, -0.05) is 11.6 Å². The Morgan fingerprint density at radius 2 is 1.87 bits per heavy atom. The van der Waals surface area contributed by atoms with Crippen molar-refractivity contribution in [3.05, 3.63) is 28.0 Å². The van der Waals surface area contributed by atoms with E-state index in [2.05, 4.69) is 4.98 Å². The lowest BCUT2D eigenvalue weighted by atomic mass is 10.2. The lowest BCUT2D eigenvalue weighted by Crippen LogP contribution is -2.11. The molecule has 0 saturated carbocycles.